The standard InChI is InChI=1S/C27H20F2IN3O6S/c1-38-21-10-15(9-20(30)25(21)39-14-24(35)31-18-7-5-16(28)6-8-18)11-22-26(36)33(27(37)40-22)13-23(34)32-19-4-2-3-17(29)12-19/h2-12H,13-14H2,1H3,(H,31,35)(H,32,34)/b22-11+. The summed E-state index contributed by atoms with van der Waals surface area (Å²) in [6, 6.07) is 13.8. The van der Waals surface area contributed by atoms with E-state index in [0.717, 1.165) is 11.0 Å². The molecule has 0 bridgehead atoms. The fourth-order valence-electron chi connectivity index (χ4n) is 3.53. The van der Waals surface area contributed by atoms with Crippen LogP contribution < -0.4 is 20.1 Å². The third kappa shape index (κ3) is 7.35. The molecular weight excluding hydrogens is 659 g/mol. The van der Waals surface area contributed by atoms with E-state index in [1.807, 2.05) is 22.6 Å². The number of nitrogens with zero attached hydrogens (tertiary/aromatic N) is 1. The Kier molecular flexibility index (Phi) is 9.37. The quantitative estimate of drug-likeness (QED) is 0.234. The summed E-state index contributed by atoms with van der Waals surface area (Å²) in [5, 5.41) is 4.42. The van der Waals surface area contributed by atoms with E-state index in [2.05, 4.69) is 10.6 Å². The molecule has 3 aromatic carbocycles. The molecule has 0 unspecified atom stereocenters. The summed E-state index contributed by atoms with van der Waals surface area (Å²) in [5.74, 6) is -2.18. The van der Waals surface area contributed by atoms with Gasteiger partial charge in [0.1, 0.15) is 18.2 Å². The minimum atomic E-state index is -0.657. The first-order valence-electron chi connectivity index (χ1n) is 11.5. The molecule has 1 fully saturated rings. The number of benzene rings is 3. The first-order valence-corrected chi connectivity index (χ1v) is 13.4. The van der Waals surface area contributed by atoms with Crippen molar-refractivity contribution in [3.63, 3.8) is 0 Å². The van der Waals surface area contributed by atoms with Crippen LogP contribution in [-0.2, 0) is 14.4 Å². The van der Waals surface area contributed by atoms with Crippen LogP contribution in [0.2, 0.25) is 0 Å². The van der Waals surface area contributed by atoms with Gasteiger partial charge in [-0.15, -0.1) is 0 Å². The third-order valence-corrected chi connectivity index (χ3v) is 7.02. The molecule has 1 heterocycles. The van der Waals surface area contributed by atoms with E-state index in [4.69, 9.17) is 9.47 Å². The van der Waals surface area contributed by atoms with Crippen LogP contribution in [0.25, 0.3) is 6.08 Å². The molecule has 1 aliphatic heterocycles. The highest BCUT2D eigenvalue weighted by atomic mass is 127. The minimum Gasteiger partial charge on any atom is -0.493 e. The second-order valence-corrected chi connectivity index (χ2v) is 10.4. The fourth-order valence-corrected chi connectivity index (χ4v) is 5.15. The number of hydrogen-bond acceptors (Lipinski definition) is 7. The molecule has 0 aliphatic carbocycles. The zero-order valence-electron chi connectivity index (χ0n) is 20.7. The van der Waals surface area contributed by atoms with Gasteiger partial charge in [-0.05, 0) is 101 Å². The average Bonchev–Trinajstić information content (AvgIpc) is 3.16. The summed E-state index contributed by atoms with van der Waals surface area (Å²) in [6.45, 7) is -0.883. The summed E-state index contributed by atoms with van der Waals surface area (Å²) >= 11 is 2.66. The summed E-state index contributed by atoms with van der Waals surface area (Å²) in [7, 11) is 1.41. The van der Waals surface area contributed by atoms with Crippen molar-refractivity contribution in [2.45, 2.75) is 0 Å². The Morgan fingerprint density at radius 1 is 0.975 bits per heavy atom. The van der Waals surface area contributed by atoms with Gasteiger partial charge in [0.2, 0.25) is 5.91 Å². The molecule has 0 radical (unpaired) electrons. The van der Waals surface area contributed by atoms with Crippen molar-refractivity contribution in [2.75, 3.05) is 30.9 Å². The van der Waals surface area contributed by atoms with Crippen molar-refractivity contribution < 1.29 is 37.4 Å². The number of amides is 4. The van der Waals surface area contributed by atoms with Gasteiger partial charge in [0.15, 0.2) is 18.1 Å². The number of imide groups is 1. The van der Waals surface area contributed by atoms with E-state index >= 15 is 0 Å². The van der Waals surface area contributed by atoms with Gasteiger partial charge >= 0.3 is 0 Å². The molecule has 4 amide bonds. The number of halogens is 3. The number of rotatable bonds is 9. The van der Waals surface area contributed by atoms with Crippen LogP contribution in [-0.4, -0.2) is 48.1 Å². The van der Waals surface area contributed by atoms with Gasteiger partial charge < -0.3 is 20.1 Å². The molecular formula is C27H20F2IN3O6S. The number of hydrogen-bond donors (Lipinski definition) is 2. The maximum absolute atomic E-state index is 13.4. The highest BCUT2D eigenvalue weighted by molar-refractivity contribution is 14.1. The Bertz CT molecular complexity index is 1520. The van der Waals surface area contributed by atoms with Crippen molar-refractivity contribution >= 4 is 74.8 Å². The zero-order chi connectivity index (χ0) is 28.8. The van der Waals surface area contributed by atoms with Crippen LogP contribution in [0.4, 0.5) is 25.0 Å². The SMILES string of the molecule is COc1cc(/C=C2/SC(=O)N(CC(=O)Nc3cccc(F)c3)C2=O)cc(I)c1OCC(=O)Nc1ccc(F)cc1. The van der Waals surface area contributed by atoms with E-state index in [1.165, 1.54) is 55.7 Å². The Balaban J connectivity index is 1.42. The number of ether oxygens (including phenoxy) is 2. The lowest BCUT2D eigenvalue weighted by atomic mass is 10.2. The Morgan fingerprint density at radius 2 is 1.70 bits per heavy atom. The fraction of sp³-hybridized carbons (Fsp3) is 0.111. The summed E-state index contributed by atoms with van der Waals surface area (Å²) in [5.41, 5.74) is 1.12. The number of carbonyl (C=O) groups is 4. The number of carbonyl (C=O) groups excluding carboxylic acids is 4. The molecule has 13 heteroatoms. The normalized spacial score (nSPS) is 13.9. The van der Waals surface area contributed by atoms with Gasteiger partial charge in [-0.3, -0.25) is 24.1 Å². The van der Waals surface area contributed by atoms with Crippen LogP contribution in [0.15, 0.2) is 65.6 Å². The maximum Gasteiger partial charge on any atom is 0.294 e. The van der Waals surface area contributed by atoms with Crippen LogP contribution in [0.3, 0.4) is 0 Å². The lowest BCUT2D eigenvalue weighted by Gasteiger charge is -2.14. The smallest absolute Gasteiger partial charge is 0.294 e. The number of methoxy groups -OCH3 is 1. The summed E-state index contributed by atoms with van der Waals surface area (Å²) in [4.78, 5) is 50.8. The van der Waals surface area contributed by atoms with Crippen LogP contribution in [0, 0.1) is 15.2 Å². The minimum absolute atomic E-state index is 0.0914. The Labute approximate surface area is 245 Å². The molecule has 1 saturated heterocycles. The molecule has 0 atom stereocenters. The first kappa shape index (κ1) is 29.0. The largest absolute Gasteiger partial charge is 0.493 e. The molecule has 2 N–H and O–H groups in total. The Morgan fingerprint density at radius 3 is 2.40 bits per heavy atom. The second kappa shape index (κ2) is 12.9. The highest BCUT2D eigenvalue weighted by Crippen LogP contribution is 2.37. The van der Waals surface area contributed by atoms with Gasteiger partial charge in [-0.1, -0.05) is 6.07 Å². The van der Waals surface area contributed by atoms with Gasteiger partial charge in [0, 0.05) is 11.4 Å². The molecule has 1 aliphatic rings. The molecule has 3 aromatic rings. The molecule has 206 valence electrons. The number of nitrogens with one attached hydrogen (secondary N) is 2. The van der Waals surface area contributed by atoms with E-state index in [0.29, 0.717) is 26.6 Å². The monoisotopic (exact) mass is 679 g/mol. The molecule has 40 heavy (non-hydrogen) atoms. The average molecular weight is 679 g/mol. The number of anilines is 2. The van der Waals surface area contributed by atoms with Crippen LogP contribution >= 0.6 is 34.4 Å². The number of thioether (sulfide) groups is 1. The molecule has 0 aromatic heterocycles. The first-order chi connectivity index (χ1) is 19.1. The van der Waals surface area contributed by atoms with Crippen LogP contribution in [0.1, 0.15) is 5.56 Å². The van der Waals surface area contributed by atoms with Crippen molar-refractivity contribution in [1.82, 2.24) is 4.90 Å². The third-order valence-electron chi connectivity index (χ3n) is 5.31. The van der Waals surface area contributed by atoms with Crippen molar-refractivity contribution in [2.24, 2.45) is 0 Å². The predicted molar refractivity (Wildman–Crippen MR) is 154 cm³/mol. The van der Waals surface area contributed by atoms with Crippen molar-refractivity contribution in [1.29, 1.82) is 0 Å². The van der Waals surface area contributed by atoms with Gasteiger partial charge in [0.25, 0.3) is 17.1 Å². The zero-order valence-corrected chi connectivity index (χ0v) is 23.7. The Hall–Kier alpha value is -3.98. The van der Waals surface area contributed by atoms with Gasteiger partial charge in [-0.25, -0.2) is 8.78 Å². The predicted octanol–water partition coefficient (Wildman–Crippen LogP) is 5.27. The summed E-state index contributed by atoms with van der Waals surface area (Å²) in [6.07, 6.45) is 1.48. The molecule has 0 saturated carbocycles. The van der Waals surface area contributed by atoms with Gasteiger partial charge in [-0.2, -0.15) is 0 Å². The molecule has 0 spiro atoms. The van der Waals surface area contributed by atoms with E-state index < -0.39 is 41.1 Å². The van der Waals surface area contributed by atoms with Gasteiger partial charge in [0.05, 0.1) is 15.6 Å². The lowest BCUT2D eigenvalue weighted by Crippen LogP contribution is -2.36. The van der Waals surface area contributed by atoms with Crippen LogP contribution in [0.5, 0.6) is 11.5 Å². The molecule has 4 rings (SSSR count). The van der Waals surface area contributed by atoms with Crippen molar-refractivity contribution in [3.05, 3.63) is 86.3 Å². The maximum atomic E-state index is 13.4. The second-order valence-electron chi connectivity index (χ2n) is 8.20. The lowest BCUT2D eigenvalue weighted by molar-refractivity contribution is -0.127. The van der Waals surface area contributed by atoms with Crippen molar-refractivity contribution in [3.8, 4) is 11.5 Å². The van der Waals surface area contributed by atoms with E-state index in [-0.39, 0.29) is 28.7 Å². The summed E-state index contributed by atoms with van der Waals surface area (Å²) < 4.78 is 38.0. The molecule has 9 nitrogen and oxygen atoms in total. The van der Waals surface area contributed by atoms with E-state index in [1.54, 1.807) is 12.1 Å². The van der Waals surface area contributed by atoms with E-state index in [9.17, 15) is 28.0 Å². The highest BCUT2D eigenvalue weighted by Gasteiger charge is 2.36. The topological polar surface area (TPSA) is 114 Å².